The molecule has 0 amide bonds. The van der Waals surface area contributed by atoms with E-state index in [1.54, 1.807) is 17.4 Å². The first-order valence-corrected chi connectivity index (χ1v) is 12.7. The maximum atomic E-state index is 12.8. The average Bonchev–Trinajstić information content (AvgIpc) is 3.11. The number of thiocarbonyl (C=S) groups is 1. The van der Waals surface area contributed by atoms with Gasteiger partial charge in [-0.05, 0) is 68.3 Å². The molecule has 0 saturated carbocycles. The monoisotopic (exact) mass is 471 g/mol. The number of carbonyl (C=O) groups excluding carboxylic acids is 1. The van der Waals surface area contributed by atoms with Gasteiger partial charge >= 0.3 is 5.97 Å². The molecule has 0 aromatic carbocycles. The van der Waals surface area contributed by atoms with Crippen LogP contribution in [0, 0.1) is 11.8 Å². The summed E-state index contributed by atoms with van der Waals surface area (Å²) in [5.41, 5.74) is 3.01. The Morgan fingerprint density at radius 1 is 1.31 bits per heavy atom. The van der Waals surface area contributed by atoms with Crippen LogP contribution in [0.5, 0.6) is 0 Å². The molecule has 4 heterocycles. The lowest BCUT2D eigenvalue weighted by molar-refractivity contribution is 0.0526. The first-order valence-electron chi connectivity index (χ1n) is 11.5. The van der Waals surface area contributed by atoms with Crippen molar-refractivity contribution in [2.75, 3.05) is 25.0 Å². The van der Waals surface area contributed by atoms with E-state index in [1.807, 2.05) is 17.6 Å². The number of esters is 1. The molecule has 2 bridgehead atoms. The Kier molecular flexibility index (Phi) is 5.84. The summed E-state index contributed by atoms with van der Waals surface area (Å²) in [4.78, 5) is 28.6. The maximum Gasteiger partial charge on any atom is 0.341 e. The molecule has 3 atom stereocenters. The number of thiophene rings is 1. The fraction of sp³-hybridized carbons (Fsp3) is 0.542. The van der Waals surface area contributed by atoms with Crippen LogP contribution >= 0.6 is 23.6 Å². The van der Waals surface area contributed by atoms with E-state index in [2.05, 4.69) is 23.2 Å². The third-order valence-corrected chi connectivity index (χ3v) is 8.51. The number of nitrogens with zero attached hydrogens (tertiary/aromatic N) is 2. The Bertz CT molecular complexity index is 1120. The lowest BCUT2D eigenvalue weighted by Gasteiger charge is -2.43. The zero-order valence-corrected chi connectivity index (χ0v) is 20.2. The van der Waals surface area contributed by atoms with Gasteiger partial charge < -0.3 is 19.5 Å². The van der Waals surface area contributed by atoms with Gasteiger partial charge in [0.1, 0.15) is 5.00 Å². The van der Waals surface area contributed by atoms with Gasteiger partial charge in [-0.25, -0.2) is 4.79 Å². The highest BCUT2D eigenvalue weighted by molar-refractivity contribution is 7.80. The molecule has 8 heteroatoms. The Morgan fingerprint density at radius 2 is 2.16 bits per heavy atom. The van der Waals surface area contributed by atoms with E-state index in [0.29, 0.717) is 29.1 Å². The molecule has 1 fully saturated rings. The number of nitrogens with one attached hydrogen (secondary N) is 1. The fourth-order valence-corrected chi connectivity index (χ4v) is 7.21. The summed E-state index contributed by atoms with van der Waals surface area (Å²) in [6.07, 6.45) is 4.09. The first kappa shape index (κ1) is 21.6. The molecule has 170 valence electrons. The molecule has 0 spiro atoms. The van der Waals surface area contributed by atoms with Crippen molar-refractivity contribution in [1.82, 2.24) is 9.47 Å². The molecule has 2 aromatic heterocycles. The van der Waals surface area contributed by atoms with Gasteiger partial charge in [-0.2, -0.15) is 0 Å². The predicted molar refractivity (Wildman–Crippen MR) is 131 cm³/mol. The van der Waals surface area contributed by atoms with E-state index in [0.717, 1.165) is 61.6 Å². The lowest BCUT2D eigenvalue weighted by atomic mass is 9.83. The van der Waals surface area contributed by atoms with Crippen LogP contribution in [0.4, 0.5) is 5.00 Å². The Labute approximate surface area is 197 Å². The Balaban J connectivity index is 1.39. The fourth-order valence-electron chi connectivity index (χ4n) is 5.50. The summed E-state index contributed by atoms with van der Waals surface area (Å²) in [5, 5.41) is 4.90. The molecule has 1 aliphatic carbocycles. The largest absolute Gasteiger partial charge is 0.462 e. The van der Waals surface area contributed by atoms with Crippen LogP contribution in [0.2, 0.25) is 0 Å². The predicted octanol–water partition coefficient (Wildman–Crippen LogP) is 4.03. The standard InChI is InChI=1S/C24H29N3O3S2/c1-3-30-23(29)21-17-8-7-14(2)9-19(17)32-22(21)25-24(31)26-11-15-10-16(13-26)18-5-4-6-20(28)27(18)12-15/h4-6,14-16H,3,7-13H2,1-2H3,(H,25,31)/t14-,15+,16+/m1/s1. The molecule has 3 aliphatic rings. The van der Waals surface area contributed by atoms with Crippen molar-refractivity contribution in [3.05, 3.63) is 50.3 Å². The van der Waals surface area contributed by atoms with E-state index < -0.39 is 0 Å². The van der Waals surface area contributed by atoms with Crippen LogP contribution in [0.15, 0.2) is 23.0 Å². The quantitative estimate of drug-likeness (QED) is 0.539. The number of pyridine rings is 1. The number of likely N-dealkylation sites (tertiary alicyclic amines) is 1. The van der Waals surface area contributed by atoms with Crippen molar-refractivity contribution >= 4 is 39.6 Å². The third kappa shape index (κ3) is 3.88. The van der Waals surface area contributed by atoms with E-state index in [-0.39, 0.29) is 17.4 Å². The summed E-state index contributed by atoms with van der Waals surface area (Å²) in [7, 11) is 0. The number of anilines is 1. The van der Waals surface area contributed by atoms with Crippen molar-refractivity contribution in [1.29, 1.82) is 0 Å². The number of fused-ring (bicyclic) bond motifs is 5. The van der Waals surface area contributed by atoms with Crippen LogP contribution in [-0.4, -0.2) is 40.2 Å². The minimum absolute atomic E-state index is 0.0869. The van der Waals surface area contributed by atoms with Gasteiger partial charge in [0, 0.05) is 42.2 Å². The summed E-state index contributed by atoms with van der Waals surface area (Å²) >= 11 is 7.49. The van der Waals surface area contributed by atoms with Crippen molar-refractivity contribution in [3.8, 4) is 0 Å². The molecule has 1 saturated heterocycles. The van der Waals surface area contributed by atoms with Gasteiger partial charge in [0.2, 0.25) is 0 Å². The number of ether oxygens (including phenoxy) is 1. The lowest BCUT2D eigenvalue weighted by Crippen LogP contribution is -2.50. The summed E-state index contributed by atoms with van der Waals surface area (Å²) < 4.78 is 7.33. The highest BCUT2D eigenvalue weighted by Crippen LogP contribution is 2.41. The minimum Gasteiger partial charge on any atom is -0.462 e. The molecular weight excluding hydrogens is 442 g/mol. The molecular formula is C24H29N3O3S2. The molecule has 2 aliphatic heterocycles. The van der Waals surface area contributed by atoms with E-state index in [1.165, 1.54) is 4.88 Å². The average molecular weight is 472 g/mol. The van der Waals surface area contributed by atoms with Gasteiger partial charge in [0.05, 0.1) is 12.2 Å². The SMILES string of the molecule is CCOC(=O)c1c(NC(=S)N2C[C@@H]3C[C@@H](C2)c2cccc(=O)n2C3)sc2c1CC[C@@H](C)C2. The van der Waals surface area contributed by atoms with Gasteiger partial charge in [-0.15, -0.1) is 11.3 Å². The maximum absolute atomic E-state index is 12.8. The second-order valence-corrected chi connectivity index (χ2v) is 10.8. The minimum atomic E-state index is -0.256. The van der Waals surface area contributed by atoms with Crippen LogP contribution in [0.3, 0.4) is 0 Å². The zero-order valence-electron chi connectivity index (χ0n) is 18.6. The van der Waals surface area contributed by atoms with Gasteiger partial charge in [0.15, 0.2) is 5.11 Å². The zero-order chi connectivity index (χ0) is 22.4. The van der Waals surface area contributed by atoms with Crippen LogP contribution in [-0.2, 0) is 24.1 Å². The topological polar surface area (TPSA) is 63.6 Å². The number of piperidine rings is 1. The van der Waals surface area contributed by atoms with Crippen molar-refractivity contribution in [2.45, 2.75) is 52.0 Å². The summed E-state index contributed by atoms with van der Waals surface area (Å²) in [5.74, 6) is 1.05. The molecule has 0 radical (unpaired) electrons. The Hall–Kier alpha value is -2.19. The highest BCUT2D eigenvalue weighted by Gasteiger charge is 2.36. The van der Waals surface area contributed by atoms with Gasteiger partial charge in [0.25, 0.3) is 5.56 Å². The number of aromatic nitrogens is 1. The normalized spacial score (nSPS) is 23.8. The second kappa shape index (κ2) is 8.63. The van der Waals surface area contributed by atoms with E-state index in [4.69, 9.17) is 17.0 Å². The van der Waals surface area contributed by atoms with E-state index in [9.17, 15) is 9.59 Å². The van der Waals surface area contributed by atoms with Crippen LogP contribution < -0.4 is 10.9 Å². The highest BCUT2D eigenvalue weighted by atomic mass is 32.1. The molecule has 32 heavy (non-hydrogen) atoms. The molecule has 0 unspecified atom stereocenters. The number of hydrogen-bond donors (Lipinski definition) is 1. The van der Waals surface area contributed by atoms with Crippen LogP contribution in [0.1, 0.15) is 59.1 Å². The van der Waals surface area contributed by atoms with Gasteiger partial charge in [-0.1, -0.05) is 13.0 Å². The number of rotatable bonds is 3. The summed E-state index contributed by atoms with van der Waals surface area (Å²) in [6.45, 7) is 6.80. The number of hydrogen-bond acceptors (Lipinski definition) is 5. The molecule has 6 nitrogen and oxygen atoms in total. The molecule has 5 rings (SSSR count). The molecule has 1 N–H and O–H groups in total. The van der Waals surface area contributed by atoms with Crippen molar-refractivity contribution in [3.63, 3.8) is 0 Å². The smallest absolute Gasteiger partial charge is 0.341 e. The second-order valence-electron chi connectivity index (χ2n) is 9.31. The van der Waals surface area contributed by atoms with Gasteiger partial charge in [-0.3, -0.25) is 4.79 Å². The van der Waals surface area contributed by atoms with E-state index >= 15 is 0 Å². The van der Waals surface area contributed by atoms with Crippen molar-refractivity contribution in [2.24, 2.45) is 11.8 Å². The summed E-state index contributed by atoms with van der Waals surface area (Å²) in [6, 6.07) is 5.56. The van der Waals surface area contributed by atoms with Crippen molar-refractivity contribution < 1.29 is 9.53 Å². The third-order valence-electron chi connectivity index (χ3n) is 6.98. The first-order chi connectivity index (χ1) is 15.4. The Morgan fingerprint density at radius 3 is 2.97 bits per heavy atom. The van der Waals surface area contributed by atoms with Crippen LogP contribution in [0.25, 0.3) is 0 Å². The number of carbonyl (C=O) groups is 1. The molecule has 2 aromatic rings.